The molecule has 0 saturated carbocycles. The van der Waals surface area contributed by atoms with E-state index in [-0.39, 0.29) is 23.6 Å². The van der Waals surface area contributed by atoms with Crippen LogP contribution in [0.3, 0.4) is 0 Å². The van der Waals surface area contributed by atoms with Crippen LogP contribution < -0.4 is 5.32 Å². The fraction of sp³-hybridized carbons (Fsp3) is 0.238. The molecule has 10 nitrogen and oxygen atoms in total. The van der Waals surface area contributed by atoms with Gasteiger partial charge in [-0.1, -0.05) is 72.8 Å². The van der Waals surface area contributed by atoms with Crippen molar-refractivity contribution in [2.24, 2.45) is 0 Å². The van der Waals surface area contributed by atoms with Crippen molar-refractivity contribution in [3.63, 3.8) is 0 Å². The van der Waals surface area contributed by atoms with Crippen molar-refractivity contribution in [3.8, 4) is 0 Å². The summed E-state index contributed by atoms with van der Waals surface area (Å²) in [5.74, 6) is -0.944. The molecule has 2 aliphatic heterocycles. The second-order valence-electron chi connectivity index (χ2n) is 13.6. The number of fused-ring (bicyclic) bond motifs is 4. The largest absolute Gasteiger partial charge is 0.317 e. The van der Waals surface area contributed by atoms with E-state index >= 15 is 0 Å². The van der Waals surface area contributed by atoms with E-state index in [1.54, 1.807) is 0 Å². The molecule has 8 rings (SSSR count). The van der Waals surface area contributed by atoms with Crippen molar-refractivity contribution in [2.45, 2.75) is 33.1 Å². The van der Waals surface area contributed by atoms with Gasteiger partial charge >= 0.3 is 0 Å². The predicted octanol–water partition coefficient (Wildman–Crippen LogP) is 7.07. The number of imide groups is 2. The van der Waals surface area contributed by atoms with Gasteiger partial charge in [-0.15, -0.1) is 0 Å². The van der Waals surface area contributed by atoms with E-state index in [0.717, 1.165) is 60.6 Å². The molecule has 0 spiro atoms. The molecule has 53 heavy (non-hydrogen) atoms. The highest BCUT2D eigenvalue weighted by atomic mass is 32.2. The van der Waals surface area contributed by atoms with Crippen LogP contribution in [0, 0.1) is 13.8 Å². The molecule has 2 heterocycles. The van der Waals surface area contributed by atoms with Crippen LogP contribution in [0.15, 0.2) is 84.9 Å². The minimum Gasteiger partial charge on any atom is -0.317 e. The first-order valence-corrected chi connectivity index (χ1v) is 19.5. The molecule has 0 atom stereocenters. The number of hydrogen-bond donors (Lipinski definition) is 2. The first-order valence-electron chi connectivity index (χ1n) is 17.6. The van der Waals surface area contributed by atoms with Gasteiger partial charge in [0.25, 0.3) is 33.7 Å². The number of aryl methyl sites for hydroxylation is 2. The molecule has 6 aromatic carbocycles. The lowest BCUT2D eigenvalue weighted by atomic mass is 9.86. The van der Waals surface area contributed by atoms with Gasteiger partial charge in [0.1, 0.15) is 0 Å². The molecule has 0 aromatic heterocycles. The lowest BCUT2D eigenvalue weighted by Crippen LogP contribution is -2.42. The SMILES string of the molecule is CS(=O)(=O)O.Cc1c2c3c(cccc3c3ccccc13)C(=O)N(CCCCNCCCN1C(=O)c3cccc4c3c(c(C)c3ccccc34)C1=O)C2=O. The average Bonchev–Trinajstić information content (AvgIpc) is 3.13. The van der Waals surface area contributed by atoms with E-state index in [1.807, 2.05) is 98.8 Å². The number of unbranched alkanes of at least 4 members (excludes halogenated alkanes) is 1. The lowest BCUT2D eigenvalue weighted by molar-refractivity contribution is 0.0591. The molecular formula is C42H39N3O7S. The third kappa shape index (κ3) is 6.45. The highest BCUT2D eigenvalue weighted by Gasteiger charge is 2.36. The fourth-order valence-corrected chi connectivity index (χ4v) is 7.88. The van der Waals surface area contributed by atoms with Gasteiger partial charge in [0.05, 0.1) is 17.4 Å². The van der Waals surface area contributed by atoms with Gasteiger partial charge in [-0.2, -0.15) is 8.42 Å². The molecular weight excluding hydrogens is 691 g/mol. The standard InChI is InChI=1S/C41H35N3O4.CH4O3S/c1-24-26-12-3-5-14-28(26)30-16-9-18-32-36(30)34(24)40(47)43(38(32)45)22-8-7-20-42-21-11-23-44-39(46)33-19-10-17-31-29-15-6-4-13-27(29)25(2)35(37(31)33)41(44)48;1-5(2,3)4/h3-6,9-10,12-19,42H,7-8,11,20-23H2,1-2H3;1H3,(H,2,3,4). The Kier molecular flexibility index (Phi) is 9.58. The number of amides is 4. The zero-order chi connectivity index (χ0) is 37.6. The average molecular weight is 730 g/mol. The van der Waals surface area contributed by atoms with Crippen molar-refractivity contribution >= 4 is 76.8 Å². The number of carbonyl (C=O) groups excluding carboxylic acids is 4. The number of carbonyl (C=O) groups is 4. The number of nitrogens with zero attached hydrogens (tertiary/aromatic N) is 2. The number of hydrogen-bond acceptors (Lipinski definition) is 7. The summed E-state index contributed by atoms with van der Waals surface area (Å²) in [7, 11) is -3.67. The van der Waals surface area contributed by atoms with Crippen molar-refractivity contribution in [1.29, 1.82) is 0 Å². The third-order valence-corrected chi connectivity index (χ3v) is 10.2. The smallest absolute Gasteiger partial charge is 0.261 e. The van der Waals surface area contributed by atoms with Crippen LogP contribution in [0.2, 0.25) is 0 Å². The Bertz CT molecular complexity index is 2460. The van der Waals surface area contributed by atoms with Gasteiger partial charge < -0.3 is 5.32 Å². The Morgan fingerprint density at radius 2 is 0.906 bits per heavy atom. The van der Waals surface area contributed by atoms with E-state index < -0.39 is 10.1 Å². The molecule has 0 saturated heterocycles. The monoisotopic (exact) mass is 729 g/mol. The molecule has 0 unspecified atom stereocenters. The molecule has 270 valence electrons. The van der Waals surface area contributed by atoms with Gasteiger partial charge in [0.15, 0.2) is 0 Å². The van der Waals surface area contributed by atoms with Gasteiger partial charge in [-0.05, 0) is 102 Å². The van der Waals surface area contributed by atoms with E-state index in [1.165, 1.54) is 9.80 Å². The summed E-state index contributed by atoms with van der Waals surface area (Å²) < 4.78 is 25.9. The Labute approximate surface area is 307 Å². The Morgan fingerprint density at radius 3 is 1.36 bits per heavy atom. The highest BCUT2D eigenvalue weighted by molar-refractivity contribution is 7.85. The quantitative estimate of drug-likeness (QED) is 0.0697. The summed E-state index contributed by atoms with van der Waals surface area (Å²) in [6.07, 6.45) is 2.77. The van der Waals surface area contributed by atoms with Crippen molar-refractivity contribution in [3.05, 3.63) is 118 Å². The minimum absolute atomic E-state index is 0.226. The predicted molar refractivity (Wildman–Crippen MR) is 207 cm³/mol. The van der Waals surface area contributed by atoms with Crippen molar-refractivity contribution in [1.82, 2.24) is 15.1 Å². The van der Waals surface area contributed by atoms with E-state index in [4.69, 9.17) is 4.55 Å². The van der Waals surface area contributed by atoms with E-state index in [2.05, 4.69) is 5.32 Å². The van der Waals surface area contributed by atoms with Crippen LogP contribution in [-0.4, -0.2) is 78.8 Å². The molecule has 2 aliphatic rings. The van der Waals surface area contributed by atoms with E-state index in [0.29, 0.717) is 67.5 Å². The molecule has 0 fully saturated rings. The Balaban J connectivity index is 0.000000817. The maximum atomic E-state index is 13.7. The maximum absolute atomic E-state index is 13.7. The maximum Gasteiger partial charge on any atom is 0.261 e. The Hall–Kier alpha value is -5.49. The number of benzene rings is 6. The van der Waals surface area contributed by atoms with Gasteiger partial charge in [0, 0.05) is 35.0 Å². The molecule has 0 aliphatic carbocycles. The summed E-state index contributed by atoms with van der Waals surface area (Å²) in [4.78, 5) is 57.3. The summed E-state index contributed by atoms with van der Waals surface area (Å²) in [6, 6.07) is 27.5. The fourth-order valence-electron chi connectivity index (χ4n) is 7.88. The van der Waals surface area contributed by atoms with Gasteiger partial charge in [-0.25, -0.2) is 0 Å². The number of rotatable bonds is 9. The molecule has 4 amide bonds. The molecule has 11 heteroatoms. The zero-order valence-corrected chi connectivity index (χ0v) is 30.5. The first kappa shape index (κ1) is 35.9. The minimum atomic E-state index is -3.67. The second kappa shape index (κ2) is 14.1. The first-order chi connectivity index (χ1) is 25.4. The second-order valence-corrected chi connectivity index (χ2v) is 15.1. The summed E-state index contributed by atoms with van der Waals surface area (Å²) >= 11 is 0. The van der Waals surface area contributed by atoms with Crippen LogP contribution in [0.4, 0.5) is 0 Å². The zero-order valence-electron chi connectivity index (χ0n) is 29.7. The lowest BCUT2D eigenvalue weighted by Gasteiger charge is -2.29. The normalized spacial score (nSPS) is 14.1. The van der Waals surface area contributed by atoms with Crippen molar-refractivity contribution < 1.29 is 32.1 Å². The topological polar surface area (TPSA) is 141 Å². The van der Waals surface area contributed by atoms with Crippen molar-refractivity contribution in [2.75, 3.05) is 32.4 Å². The van der Waals surface area contributed by atoms with Crippen LogP contribution in [0.1, 0.15) is 71.8 Å². The molecule has 6 aromatic rings. The molecule has 0 bridgehead atoms. The summed E-state index contributed by atoms with van der Waals surface area (Å²) in [6.45, 7) is 5.93. The van der Waals surface area contributed by atoms with Crippen LogP contribution >= 0.6 is 0 Å². The van der Waals surface area contributed by atoms with E-state index in [9.17, 15) is 27.6 Å². The van der Waals surface area contributed by atoms with Gasteiger partial charge in [0.2, 0.25) is 0 Å². The summed E-state index contributed by atoms with van der Waals surface area (Å²) in [5, 5.41) is 11.0. The molecule has 0 radical (unpaired) electrons. The Morgan fingerprint density at radius 1 is 0.528 bits per heavy atom. The number of nitrogens with one attached hydrogen (secondary N) is 1. The van der Waals surface area contributed by atoms with Gasteiger partial charge in [-0.3, -0.25) is 33.5 Å². The van der Waals surface area contributed by atoms with Crippen LogP contribution in [0.5, 0.6) is 0 Å². The molecule has 2 N–H and O–H groups in total. The summed E-state index contributed by atoms with van der Waals surface area (Å²) in [5.41, 5.74) is 4.22. The highest BCUT2D eigenvalue weighted by Crippen LogP contribution is 2.40. The van der Waals surface area contributed by atoms with Crippen LogP contribution in [-0.2, 0) is 10.1 Å². The van der Waals surface area contributed by atoms with Crippen LogP contribution in [0.25, 0.3) is 43.1 Å². The third-order valence-electron chi connectivity index (χ3n) is 10.2.